The largest absolute Gasteiger partial charge is 0.288 e. The molecule has 9 heterocycles. The number of hydrogen-bond acceptors (Lipinski definition) is 11. The molecule has 0 saturated heterocycles. The van der Waals surface area contributed by atoms with Crippen molar-refractivity contribution in [2.24, 2.45) is 0 Å². The van der Waals surface area contributed by atoms with E-state index in [4.69, 9.17) is 0 Å². The van der Waals surface area contributed by atoms with Gasteiger partial charge < -0.3 is 0 Å². The summed E-state index contributed by atoms with van der Waals surface area (Å²) in [6.07, 6.45) is 29.0. The number of hydrogen-bond donors (Lipinski definition) is 0. The van der Waals surface area contributed by atoms with Crippen molar-refractivity contribution < 1.29 is 9.59 Å². The zero-order valence-corrected chi connectivity index (χ0v) is 54.6. The Labute approximate surface area is 516 Å². The lowest BCUT2D eigenvalue weighted by molar-refractivity contribution is 0.101. The Morgan fingerprint density at radius 1 is 0.395 bits per heavy atom. The number of allylic oxidation sites excluding steroid dienone is 2. The van der Waals surface area contributed by atoms with Crippen LogP contribution in [0.5, 0.6) is 0 Å². The minimum absolute atomic E-state index is 0.0419. The Balaban J connectivity index is 0.871. The Kier molecular flexibility index (Phi) is 18.9. The number of carbonyl (C=O) groups excluding carboxylic acids is 2. The van der Waals surface area contributed by atoms with Gasteiger partial charge in [0.25, 0.3) is 0 Å². The molecule has 11 heteroatoms. The highest BCUT2D eigenvalue weighted by Gasteiger charge is 2.38. The van der Waals surface area contributed by atoms with E-state index in [1.807, 2.05) is 62.8 Å². The van der Waals surface area contributed by atoms with Crippen LogP contribution in [0.3, 0.4) is 0 Å². The lowest BCUT2D eigenvalue weighted by atomic mass is 9.97. The van der Waals surface area contributed by atoms with E-state index >= 15 is 0 Å². The van der Waals surface area contributed by atoms with Gasteiger partial charge in [-0.05, 0) is 144 Å². The van der Waals surface area contributed by atoms with Crippen molar-refractivity contribution in [1.29, 1.82) is 0 Å². The van der Waals surface area contributed by atoms with Gasteiger partial charge >= 0.3 is 0 Å². The molecule has 7 aromatic heterocycles. The fourth-order valence-corrected chi connectivity index (χ4v) is 22.1. The maximum absolute atomic E-state index is 14.7. The summed E-state index contributed by atoms with van der Waals surface area (Å²) in [4.78, 5) is 42.7. The van der Waals surface area contributed by atoms with Gasteiger partial charge in [0.1, 0.15) is 0 Å². The van der Waals surface area contributed by atoms with Crippen molar-refractivity contribution in [2.75, 3.05) is 0 Å². The third-order valence-electron chi connectivity index (χ3n) is 16.5. The van der Waals surface area contributed by atoms with Gasteiger partial charge in [-0.25, -0.2) is 0 Å². The first kappa shape index (κ1) is 57.5. The molecule has 0 unspecified atom stereocenters. The first-order valence-corrected chi connectivity index (χ1v) is 37.5. The monoisotopic (exact) mass is 1230 g/mol. The van der Waals surface area contributed by atoms with Crippen molar-refractivity contribution in [3.8, 4) is 50.8 Å². The van der Waals surface area contributed by atoms with E-state index in [1.54, 1.807) is 22.7 Å². The first-order chi connectivity index (χ1) is 39.8. The van der Waals surface area contributed by atoms with Crippen LogP contribution in [-0.2, 0) is 12.8 Å². The Hall–Kier alpha value is -3.88. The van der Waals surface area contributed by atoms with Crippen LogP contribution in [0.25, 0.3) is 81.8 Å². The summed E-state index contributed by atoms with van der Waals surface area (Å²) in [6.45, 7) is 9.02. The lowest BCUT2D eigenvalue weighted by Gasteiger charge is -2.09. The summed E-state index contributed by atoms with van der Waals surface area (Å²) >= 11 is 16.2. The molecular formula is C70H72O2S9. The molecule has 10 aromatic rings. The summed E-state index contributed by atoms with van der Waals surface area (Å²) in [5.41, 5.74) is 8.85. The van der Waals surface area contributed by atoms with Crippen LogP contribution in [0.2, 0.25) is 0 Å². The van der Waals surface area contributed by atoms with E-state index in [1.165, 1.54) is 229 Å². The van der Waals surface area contributed by atoms with Gasteiger partial charge in [0.2, 0.25) is 11.6 Å². The van der Waals surface area contributed by atoms with E-state index in [0.717, 1.165) is 49.1 Å². The van der Waals surface area contributed by atoms with Crippen LogP contribution in [0, 0.1) is 13.8 Å². The van der Waals surface area contributed by atoms with E-state index in [-0.39, 0.29) is 11.6 Å². The van der Waals surface area contributed by atoms with Crippen molar-refractivity contribution in [3.63, 3.8) is 0 Å². The number of unbranched alkanes of at least 4 members (excludes halogenated alkanes) is 18. The van der Waals surface area contributed by atoms with Gasteiger partial charge in [0, 0.05) is 92.6 Å². The fraction of sp³-hybridized carbons (Fsp3) is 0.371. The van der Waals surface area contributed by atoms with Gasteiger partial charge in [-0.2, -0.15) is 11.3 Å². The minimum atomic E-state index is -0.0423. The zero-order chi connectivity index (χ0) is 55.4. The van der Waals surface area contributed by atoms with Crippen LogP contribution in [0.15, 0.2) is 114 Å². The molecule has 0 amide bonds. The standard InChI is InChI=1S/C70H72O2S9/c1-5-7-9-11-13-15-17-19-21-23-27-45-34-44(4)76-65(45)61-39-50-54-41-73-42-55(54)51-40-62(81-68(51)67(50)80-61)66-46(28-24-22-20-18-16-14-12-10-8-6-2)35-59(77-66)49-38-60-53(37-48(49)57-30-26-32-75-57)64(72)70(79-60)69-63(71)52-36-47(56-29-25-31-74-56)43(3)33-58(52)78-69/h25-26,29-42H,5-24,27-28H2,1-4H3/b70-69+. The summed E-state index contributed by atoms with van der Waals surface area (Å²) in [7, 11) is 0. The van der Waals surface area contributed by atoms with Crippen molar-refractivity contribution in [3.05, 3.63) is 137 Å². The smallest absolute Gasteiger partial charge is 0.202 e. The van der Waals surface area contributed by atoms with E-state index in [2.05, 4.69) is 116 Å². The molecule has 12 rings (SSSR count). The minimum Gasteiger partial charge on any atom is -0.288 e. The molecule has 2 nitrogen and oxygen atoms in total. The Bertz CT molecular complexity index is 3880. The number of ketones is 2. The number of fused-ring (bicyclic) bond motifs is 8. The van der Waals surface area contributed by atoms with E-state index in [0.29, 0.717) is 20.9 Å². The maximum atomic E-state index is 14.7. The Morgan fingerprint density at radius 3 is 1.37 bits per heavy atom. The predicted octanol–water partition coefficient (Wildman–Crippen LogP) is 25.9. The highest BCUT2D eigenvalue weighted by Crippen LogP contribution is 2.56. The second-order valence-electron chi connectivity index (χ2n) is 22.5. The lowest BCUT2D eigenvalue weighted by Crippen LogP contribution is -2.02. The van der Waals surface area contributed by atoms with Gasteiger partial charge in [-0.1, -0.05) is 165 Å². The molecule has 0 atom stereocenters. The molecule has 0 N–H and O–H groups in total. The van der Waals surface area contributed by atoms with Crippen LogP contribution < -0.4 is 0 Å². The number of thioether (sulfide) groups is 2. The Morgan fingerprint density at radius 2 is 0.852 bits per heavy atom. The highest BCUT2D eigenvalue weighted by molar-refractivity contribution is 8.08. The fourth-order valence-electron chi connectivity index (χ4n) is 12.2. The number of benzene rings is 3. The molecule has 0 bridgehead atoms. The summed E-state index contributed by atoms with van der Waals surface area (Å²) in [5, 5.41) is 14.5. The van der Waals surface area contributed by atoms with Crippen LogP contribution in [0.4, 0.5) is 0 Å². The molecule has 0 aliphatic carbocycles. The topological polar surface area (TPSA) is 34.1 Å². The molecule has 81 heavy (non-hydrogen) atoms. The van der Waals surface area contributed by atoms with Crippen LogP contribution >= 0.6 is 103 Å². The first-order valence-electron chi connectivity index (χ1n) is 29.9. The SMILES string of the molecule is CCCCCCCCCCCCc1cc(C)sc1-c1cc2c3cscc3c3cc(-c4sc(-c5cc6c(cc5-c5cccs5)C(=O)/C(=C5\Sc7cc(C)c(-c8cccs8)cc7C5=O)S6)cc4CCCCCCCCCCCC)sc3c2s1. The molecule has 0 fully saturated rings. The highest BCUT2D eigenvalue weighted by atomic mass is 32.2. The molecule has 0 radical (unpaired) electrons. The maximum Gasteiger partial charge on any atom is 0.202 e. The molecule has 0 spiro atoms. The normalized spacial score (nSPS) is 14.3. The van der Waals surface area contributed by atoms with Crippen molar-refractivity contribution in [2.45, 2.75) is 179 Å². The average molecular weight is 1230 g/mol. The second-order valence-corrected chi connectivity index (χ2v) is 31.6. The van der Waals surface area contributed by atoms with Gasteiger partial charge in [-0.3, -0.25) is 9.59 Å². The molecule has 2 aliphatic rings. The number of carbonyl (C=O) groups is 2. The number of aryl methyl sites for hydroxylation is 4. The van der Waals surface area contributed by atoms with Gasteiger partial charge in [-0.15, -0.1) is 68.0 Å². The van der Waals surface area contributed by atoms with E-state index < -0.39 is 0 Å². The second kappa shape index (κ2) is 26.6. The molecule has 418 valence electrons. The van der Waals surface area contributed by atoms with Crippen LogP contribution in [0.1, 0.15) is 185 Å². The number of thiophene rings is 7. The van der Waals surface area contributed by atoms with Gasteiger partial charge in [0.05, 0.1) is 19.2 Å². The summed E-state index contributed by atoms with van der Waals surface area (Å²) in [6, 6.07) is 27.1. The van der Waals surface area contributed by atoms with Crippen molar-refractivity contribution >= 4 is 145 Å². The van der Waals surface area contributed by atoms with E-state index in [9.17, 15) is 9.59 Å². The summed E-state index contributed by atoms with van der Waals surface area (Å²) < 4.78 is 2.84. The van der Waals surface area contributed by atoms with Crippen LogP contribution in [-0.4, -0.2) is 11.6 Å². The predicted molar refractivity (Wildman–Crippen MR) is 366 cm³/mol. The average Bonchev–Trinajstić information content (AvgIpc) is 4.29. The molecular weight excluding hydrogens is 1160 g/mol. The van der Waals surface area contributed by atoms with Crippen molar-refractivity contribution in [1.82, 2.24) is 0 Å². The third-order valence-corrected chi connectivity index (χ3v) is 26.6. The molecule has 2 aliphatic heterocycles. The molecule has 3 aromatic carbocycles. The molecule has 0 saturated carbocycles. The zero-order valence-electron chi connectivity index (χ0n) is 47.3. The number of rotatable bonds is 27. The summed E-state index contributed by atoms with van der Waals surface area (Å²) in [5.74, 6) is -0.0842. The van der Waals surface area contributed by atoms with Gasteiger partial charge in [0.15, 0.2) is 0 Å². The number of Topliss-reactive ketones (excluding diaryl/α,β-unsaturated/α-hetero) is 2. The third kappa shape index (κ3) is 12.3. The quantitative estimate of drug-likeness (QED) is 0.0380.